The summed E-state index contributed by atoms with van der Waals surface area (Å²) in [6, 6.07) is 6.56. The van der Waals surface area contributed by atoms with E-state index in [-0.39, 0.29) is 0 Å². The fourth-order valence-electron chi connectivity index (χ4n) is 1.16. The van der Waals surface area contributed by atoms with Crippen molar-refractivity contribution in [3.05, 3.63) is 35.4 Å². The minimum atomic E-state index is -1.49. The summed E-state index contributed by atoms with van der Waals surface area (Å²) < 4.78 is 4.98. The molecule has 0 saturated carbocycles. The van der Waals surface area contributed by atoms with Crippen molar-refractivity contribution in [2.45, 2.75) is 0 Å². The Morgan fingerprint density at radius 1 is 1.19 bits per heavy atom. The van der Waals surface area contributed by atoms with Crippen molar-refractivity contribution in [1.82, 2.24) is 0 Å². The zero-order chi connectivity index (χ0) is 12.1. The van der Waals surface area contributed by atoms with Crippen LogP contribution in [-0.4, -0.2) is 29.3 Å². The third-order valence-electron chi connectivity index (χ3n) is 1.90. The molecule has 5 heteroatoms. The van der Waals surface area contributed by atoms with Crippen LogP contribution in [0.15, 0.2) is 29.8 Å². The quantitative estimate of drug-likeness (QED) is 0.455. The summed E-state index contributed by atoms with van der Waals surface area (Å²) >= 11 is 0. The number of benzene rings is 1. The van der Waals surface area contributed by atoms with E-state index in [4.69, 9.17) is 14.9 Å². The fourth-order valence-corrected chi connectivity index (χ4v) is 1.16. The van der Waals surface area contributed by atoms with Crippen LogP contribution < -0.4 is 4.74 Å². The zero-order valence-corrected chi connectivity index (χ0v) is 8.51. The van der Waals surface area contributed by atoms with Crippen LogP contribution in [0.2, 0.25) is 0 Å². The molecular formula is C11H10O5. The van der Waals surface area contributed by atoms with Crippen LogP contribution in [0.5, 0.6) is 5.75 Å². The van der Waals surface area contributed by atoms with Crippen LogP contribution in [0.1, 0.15) is 5.56 Å². The predicted molar refractivity (Wildman–Crippen MR) is 56.2 cm³/mol. The highest BCUT2D eigenvalue weighted by atomic mass is 16.5. The Balaban J connectivity index is 3.23. The van der Waals surface area contributed by atoms with Crippen LogP contribution in [0, 0.1) is 0 Å². The SMILES string of the molecule is COc1ccccc1C=C(C(=O)O)C(=O)O. The van der Waals surface area contributed by atoms with E-state index >= 15 is 0 Å². The van der Waals surface area contributed by atoms with Crippen LogP contribution in [0.25, 0.3) is 6.08 Å². The molecule has 1 aromatic carbocycles. The molecule has 0 aliphatic rings. The molecule has 2 N–H and O–H groups in total. The van der Waals surface area contributed by atoms with Crippen molar-refractivity contribution in [2.24, 2.45) is 0 Å². The van der Waals surface area contributed by atoms with Gasteiger partial charge in [0.1, 0.15) is 11.3 Å². The monoisotopic (exact) mass is 222 g/mol. The molecule has 0 atom stereocenters. The first-order valence-electron chi connectivity index (χ1n) is 4.37. The van der Waals surface area contributed by atoms with Gasteiger partial charge in [-0.15, -0.1) is 0 Å². The van der Waals surface area contributed by atoms with E-state index in [1.165, 1.54) is 7.11 Å². The topological polar surface area (TPSA) is 83.8 Å². The number of rotatable bonds is 4. The summed E-state index contributed by atoms with van der Waals surface area (Å²) in [5.74, 6) is -2.56. The highest BCUT2D eigenvalue weighted by Crippen LogP contribution is 2.20. The molecule has 0 spiro atoms. The molecule has 1 aromatic rings. The van der Waals surface area contributed by atoms with Crippen molar-refractivity contribution >= 4 is 18.0 Å². The van der Waals surface area contributed by atoms with Gasteiger partial charge in [0.2, 0.25) is 0 Å². The lowest BCUT2D eigenvalue weighted by atomic mass is 10.1. The van der Waals surface area contributed by atoms with E-state index in [1.807, 2.05) is 0 Å². The number of aliphatic carboxylic acids is 2. The van der Waals surface area contributed by atoms with Crippen LogP contribution in [0.3, 0.4) is 0 Å². The average molecular weight is 222 g/mol. The number of methoxy groups -OCH3 is 1. The summed E-state index contributed by atoms with van der Waals surface area (Å²) in [7, 11) is 1.42. The average Bonchev–Trinajstić information content (AvgIpc) is 2.25. The summed E-state index contributed by atoms with van der Waals surface area (Å²) in [5.41, 5.74) is -0.297. The van der Waals surface area contributed by atoms with E-state index in [0.717, 1.165) is 6.08 Å². The maximum atomic E-state index is 10.7. The first-order chi connectivity index (χ1) is 7.56. The molecule has 0 bridgehead atoms. The molecule has 0 aromatic heterocycles. The number of hydrogen-bond donors (Lipinski definition) is 2. The highest BCUT2D eigenvalue weighted by molar-refractivity contribution is 6.16. The van der Waals surface area contributed by atoms with Crippen LogP contribution in [0.4, 0.5) is 0 Å². The Kier molecular flexibility index (Phi) is 3.66. The normalized spacial score (nSPS) is 9.31. The molecule has 0 aliphatic heterocycles. The lowest BCUT2D eigenvalue weighted by Gasteiger charge is -2.04. The van der Waals surface area contributed by atoms with Gasteiger partial charge in [-0.3, -0.25) is 0 Å². The van der Waals surface area contributed by atoms with E-state index in [0.29, 0.717) is 11.3 Å². The predicted octanol–water partition coefficient (Wildman–Crippen LogP) is 1.25. The van der Waals surface area contributed by atoms with E-state index in [2.05, 4.69) is 0 Å². The lowest BCUT2D eigenvalue weighted by molar-refractivity contribution is -0.139. The van der Waals surface area contributed by atoms with Crippen molar-refractivity contribution in [1.29, 1.82) is 0 Å². The van der Waals surface area contributed by atoms with Crippen molar-refractivity contribution < 1.29 is 24.5 Å². The lowest BCUT2D eigenvalue weighted by Crippen LogP contribution is -2.10. The second-order valence-electron chi connectivity index (χ2n) is 2.91. The van der Waals surface area contributed by atoms with Gasteiger partial charge in [0, 0.05) is 5.56 Å². The van der Waals surface area contributed by atoms with Gasteiger partial charge >= 0.3 is 11.9 Å². The molecule has 0 amide bonds. The Bertz CT molecular complexity index is 431. The maximum absolute atomic E-state index is 10.7. The molecule has 0 saturated heterocycles. The highest BCUT2D eigenvalue weighted by Gasteiger charge is 2.16. The standard InChI is InChI=1S/C11H10O5/c1-16-9-5-3-2-4-7(9)6-8(10(12)13)11(14)15/h2-6H,1H3,(H,12,13)(H,14,15). The number of ether oxygens (including phenoxy) is 1. The second-order valence-corrected chi connectivity index (χ2v) is 2.91. The molecule has 0 radical (unpaired) electrons. The van der Waals surface area contributed by atoms with Gasteiger partial charge in [-0.2, -0.15) is 0 Å². The van der Waals surface area contributed by atoms with Crippen molar-refractivity contribution in [2.75, 3.05) is 7.11 Å². The van der Waals surface area contributed by atoms with E-state index in [1.54, 1.807) is 24.3 Å². The summed E-state index contributed by atoms with van der Waals surface area (Å²) in [4.78, 5) is 21.3. The zero-order valence-electron chi connectivity index (χ0n) is 8.51. The minimum absolute atomic E-state index is 0.407. The number of carbonyl (C=O) groups is 2. The van der Waals surface area contributed by atoms with Gasteiger partial charge in [0.15, 0.2) is 0 Å². The van der Waals surface area contributed by atoms with Crippen molar-refractivity contribution in [3.63, 3.8) is 0 Å². The first-order valence-corrected chi connectivity index (χ1v) is 4.37. The van der Waals surface area contributed by atoms with Gasteiger partial charge in [-0.1, -0.05) is 18.2 Å². The summed E-state index contributed by atoms with van der Waals surface area (Å²) in [6.45, 7) is 0. The molecule has 0 heterocycles. The Morgan fingerprint density at radius 3 is 2.25 bits per heavy atom. The van der Waals surface area contributed by atoms with Gasteiger partial charge in [0.25, 0.3) is 0 Å². The van der Waals surface area contributed by atoms with Gasteiger partial charge < -0.3 is 14.9 Å². The fraction of sp³-hybridized carbons (Fsp3) is 0.0909. The van der Waals surface area contributed by atoms with Crippen LogP contribution in [-0.2, 0) is 9.59 Å². The third-order valence-corrected chi connectivity index (χ3v) is 1.90. The second kappa shape index (κ2) is 4.97. The van der Waals surface area contributed by atoms with E-state index in [9.17, 15) is 9.59 Å². The molecule has 0 aliphatic carbocycles. The molecule has 1 rings (SSSR count). The molecule has 84 valence electrons. The largest absolute Gasteiger partial charge is 0.496 e. The maximum Gasteiger partial charge on any atom is 0.343 e. The van der Waals surface area contributed by atoms with Gasteiger partial charge in [-0.25, -0.2) is 9.59 Å². The Morgan fingerprint density at radius 2 is 1.75 bits per heavy atom. The molecule has 0 fully saturated rings. The van der Waals surface area contributed by atoms with E-state index < -0.39 is 17.5 Å². The van der Waals surface area contributed by atoms with Crippen molar-refractivity contribution in [3.8, 4) is 5.75 Å². The van der Waals surface area contributed by atoms with Crippen LogP contribution >= 0.6 is 0 Å². The Labute approximate surface area is 91.6 Å². The summed E-state index contributed by atoms with van der Waals surface area (Å²) in [6.07, 6.45) is 1.06. The molecule has 16 heavy (non-hydrogen) atoms. The Hall–Kier alpha value is -2.30. The molecule has 0 unspecified atom stereocenters. The van der Waals surface area contributed by atoms with Gasteiger partial charge in [0.05, 0.1) is 7.11 Å². The first kappa shape index (κ1) is 11.8. The number of carboxylic acids is 2. The van der Waals surface area contributed by atoms with Gasteiger partial charge in [-0.05, 0) is 12.1 Å². The number of carboxylic acid groups (broad SMARTS) is 2. The summed E-state index contributed by atoms with van der Waals surface area (Å²) in [5, 5.41) is 17.4. The number of para-hydroxylation sites is 1. The molecule has 5 nitrogen and oxygen atoms in total. The third kappa shape index (κ3) is 2.60. The smallest absolute Gasteiger partial charge is 0.343 e. The number of hydrogen-bond acceptors (Lipinski definition) is 3. The molecular weight excluding hydrogens is 212 g/mol. The minimum Gasteiger partial charge on any atom is -0.496 e.